The van der Waals surface area contributed by atoms with Gasteiger partial charge in [0.25, 0.3) is 5.91 Å². The van der Waals surface area contributed by atoms with Gasteiger partial charge in [0.2, 0.25) is 0 Å². The van der Waals surface area contributed by atoms with Gasteiger partial charge in [-0.15, -0.1) is 0 Å². The van der Waals surface area contributed by atoms with Crippen LogP contribution in [0, 0.1) is 11.7 Å². The Morgan fingerprint density at radius 1 is 1.13 bits per heavy atom. The molecule has 0 heterocycles. The van der Waals surface area contributed by atoms with Crippen molar-refractivity contribution in [1.29, 1.82) is 0 Å². The fraction of sp³-hybridized carbons (Fsp3) is 0.409. The summed E-state index contributed by atoms with van der Waals surface area (Å²) in [6.45, 7) is 2.55. The van der Waals surface area contributed by atoms with E-state index in [0.29, 0.717) is 24.8 Å². The van der Waals surface area contributed by atoms with E-state index in [1.807, 2.05) is 30.3 Å². The molecular weight excluding hydrogens is 420 g/mol. The lowest BCUT2D eigenvalue weighted by Crippen LogP contribution is -2.49. The van der Waals surface area contributed by atoms with Crippen molar-refractivity contribution >= 4 is 23.2 Å². The van der Waals surface area contributed by atoms with Crippen LogP contribution >= 0.6 is 11.6 Å². The number of amides is 1. The predicted octanol–water partition coefficient (Wildman–Crippen LogP) is 6.29. The Kier molecular flexibility index (Phi) is 6.60. The molecule has 0 unspecified atom stereocenters. The molecule has 0 radical (unpaired) electrons. The molecule has 0 bridgehead atoms. The smallest absolute Gasteiger partial charge is 0.385 e. The summed E-state index contributed by atoms with van der Waals surface area (Å²) in [6, 6.07) is 11.2. The minimum atomic E-state index is -4.86. The van der Waals surface area contributed by atoms with E-state index in [4.69, 9.17) is 11.6 Å². The molecule has 30 heavy (non-hydrogen) atoms. The first-order chi connectivity index (χ1) is 14.1. The second-order valence-electron chi connectivity index (χ2n) is 7.99. The zero-order valence-electron chi connectivity index (χ0n) is 16.5. The Bertz CT molecular complexity index is 894. The molecule has 2 aromatic carbocycles. The van der Waals surface area contributed by atoms with E-state index >= 15 is 0 Å². The van der Waals surface area contributed by atoms with Gasteiger partial charge in [0.1, 0.15) is 0 Å². The predicted molar refractivity (Wildman–Crippen MR) is 109 cm³/mol. The van der Waals surface area contributed by atoms with Gasteiger partial charge in [-0.1, -0.05) is 29.8 Å². The van der Waals surface area contributed by atoms with Crippen molar-refractivity contribution in [2.45, 2.75) is 44.3 Å². The van der Waals surface area contributed by atoms with Crippen LogP contribution in [0.3, 0.4) is 0 Å². The van der Waals surface area contributed by atoms with Gasteiger partial charge in [0.15, 0.2) is 5.82 Å². The first-order valence-electron chi connectivity index (χ1n) is 9.76. The molecule has 0 aliphatic heterocycles. The van der Waals surface area contributed by atoms with E-state index < -0.39 is 39.6 Å². The summed E-state index contributed by atoms with van der Waals surface area (Å²) in [5.41, 5.74) is -2.07. The topological polar surface area (TPSA) is 41.1 Å². The van der Waals surface area contributed by atoms with E-state index in [-0.39, 0.29) is 0 Å². The second kappa shape index (κ2) is 8.84. The van der Waals surface area contributed by atoms with Crippen molar-refractivity contribution in [2.24, 2.45) is 5.92 Å². The largest absolute Gasteiger partial charge is 0.417 e. The lowest BCUT2D eigenvalue weighted by molar-refractivity contribution is -0.138. The molecule has 0 spiro atoms. The summed E-state index contributed by atoms with van der Waals surface area (Å²) >= 11 is 5.63. The third-order valence-electron chi connectivity index (χ3n) is 5.62. The number of halogens is 5. The standard InChI is InChI=1S/C22H23ClF4N2O/c1-21(11-9-14(10-12-21)13-28-15-5-3-2-4-6-15)29-20(30)18-16(22(25,26)27)7-8-17(23)19(18)24/h2-8,14,28H,9-13H2,1H3,(H,29,30). The van der Waals surface area contributed by atoms with Crippen LogP contribution in [0.25, 0.3) is 0 Å². The third kappa shape index (κ3) is 5.25. The van der Waals surface area contributed by atoms with Crippen LogP contribution in [-0.4, -0.2) is 18.0 Å². The maximum Gasteiger partial charge on any atom is 0.417 e. The Balaban J connectivity index is 1.65. The Labute approximate surface area is 177 Å². The molecule has 2 N–H and O–H groups in total. The minimum Gasteiger partial charge on any atom is -0.385 e. The zero-order valence-corrected chi connectivity index (χ0v) is 17.2. The van der Waals surface area contributed by atoms with Crippen molar-refractivity contribution in [3.8, 4) is 0 Å². The number of nitrogens with one attached hydrogen (secondary N) is 2. The van der Waals surface area contributed by atoms with Crippen molar-refractivity contribution in [3.05, 3.63) is 64.4 Å². The van der Waals surface area contributed by atoms with Crippen LogP contribution in [0.15, 0.2) is 42.5 Å². The van der Waals surface area contributed by atoms with Gasteiger partial charge < -0.3 is 10.6 Å². The van der Waals surface area contributed by atoms with Gasteiger partial charge in [0.05, 0.1) is 16.1 Å². The van der Waals surface area contributed by atoms with Gasteiger partial charge in [-0.2, -0.15) is 13.2 Å². The first-order valence-corrected chi connectivity index (χ1v) is 10.1. The lowest BCUT2D eigenvalue weighted by atomic mass is 9.77. The zero-order chi connectivity index (χ0) is 21.9. The maximum absolute atomic E-state index is 14.3. The number of alkyl halides is 3. The number of hydrogen-bond acceptors (Lipinski definition) is 2. The molecule has 1 fully saturated rings. The van der Waals surface area contributed by atoms with E-state index in [9.17, 15) is 22.4 Å². The van der Waals surface area contributed by atoms with Gasteiger partial charge in [-0.25, -0.2) is 4.39 Å². The van der Waals surface area contributed by atoms with Crippen LogP contribution in [0.2, 0.25) is 5.02 Å². The molecule has 1 saturated carbocycles. The number of benzene rings is 2. The maximum atomic E-state index is 14.3. The average Bonchev–Trinajstić information content (AvgIpc) is 2.69. The summed E-state index contributed by atoms with van der Waals surface area (Å²) in [4.78, 5) is 12.6. The molecule has 3 nitrogen and oxygen atoms in total. The molecule has 3 rings (SSSR count). The Morgan fingerprint density at radius 2 is 1.77 bits per heavy atom. The van der Waals surface area contributed by atoms with Crippen LogP contribution < -0.4 is 10.6 Å². The number of para-hydroxylation sites is 1. The van der Waals surface area contributed by atoms with Crippen LogP contribution in [0.1, 0.15) is 48.5 Å². The summed E-state index contributed by atoms with van der Waals surface area (Å²) in [5, 5.41) is 5.48. The van der Waals surface area contributed by atoms with Crippen molar-refractivity contribution in [1.82, 2.24) is 5.32 Å². The molecular formula is C22H23ClF4N2O. The highest BCUT2D eigenvalue weighted by molar-refractivity contribution is 6.31. The highest BCUT2D eigenvalue weighted by atomic mass is 35.5. The molecule has 0 saturated heterocycles. The molecule has 1 amide bonds. The first kappa shape index (κ1) is 22.4. The molecule has 0 aromatic heterocycles. The van der Waals surface area contributed by atoms with Crippen molar-refractivity contribution in [3.63, 3.8) is 0 Å². The van der Waals surface area contributed by atoms with E-state index in [1.54, 1.807) is 6.92 Å². The average molecular weight is 443 g/mol. The molecule has 8 heteroatoms. The monoisotopic (exact) mass is 442 g/mol. The number of carbonyl (C=O) groups excluding carboxylic acids is 1. The lowest BCUT2D eigenvalue weighted by Gasteiger charge is -2.38. The van der Waals surface area contributed by atoms with Crippen molar-refractivity contribution < 1.29 is 22.4 Å². The normalized spacial score (nSPS) is 21.9. The van der Waals surface area contributed by atoms with Crippen LogP contribution in [0.5, 0.6) is 0 Å². The molecule has 2 aromatic rings. The van der Waals surface area contributed by atoms with Gasteiger partial charge >= 0.3 is 6.18 Å². The third-order valence-corrected chi connectivity index (χ3v) is 5.91. The van der Waals surface area contributed by atoms with Crippen LogP contribution in [-0.2, 0) is 6.18 Å². The summed E-state index contributed by atoms with van der Waals surface area (Å²) in [5.74, 6) is -2.07. The molecule has 1 aliphatic carbocycles. The fourth-order valence-corrected chi connectivity index (χ4v) is 3.96. The van der Waals surface area contributed by atoms with Gasteiger partial charge in [-0.05, 0) is 62.8 Å². The van der Waals surface area contributed by atoms with Crippen LogP contribution in [0.4, 0.5) is 23.2 Å². The summed E-state index contributed by atoms with van der Waals surface area (Å²) in [6.07, 6.45) is -2.10. The highest BCUT2D eigenvalue weighted by Crippen LogP contribution is 2.37. The Hall–Kier alpha value is -2.28. The highest BCUT2D eigenvalue weighted by Gasteiger charge is 2.40. The van der Waals surface area contributed by atoms with E-state index in [2.05, 4.69) is 10.6 Å². The van der Waals surface area contributed by atoms with Gasteiger partial charge in [-0.3, -0.25) is 4.79 Å². The van der Waals surface area contributed by atoms with E-state index in [0.717, 1.165) is 31.1 Å². The number of carbonyl (C=O) groups is 1. The summed E-state index contributed by atoms with van der Waals surface area (Å²) < 4.78 is 54.2. The minimum absolute atomic E-state index is 0.379. The second-order valence-corrected chi connectivity index (χ2v) is 8.39. The Morgan fingerprint density at radius 3 is 2.37 bits per heavy atom. The number of hydrogen-bond donors (Lipinski definition) is 2. The molecule has 1 aliphatic rings. The van der Waals surface area contributed by atoms with Crippen molar-refractivity contribution in [2.75, 3.05) is 11.9 Å². The molecule has 162 valence electrons. The SMILES string of the molecule is CC1(NC(=O)c2c(C(F)(F)F)ccc(Cl)c2F)CCC(CNc2ccccc2)CC1. The molecule has 0 atom stereocenters. The van der Waals surface area contributed by atoms with E-state index in [1.165, 1.54) is 0 Å². The number of rotatable bonds is 5. The number of anilines is 1. The fourth-order valence-electron chi connectivity index (χ4n) is 3.81. The quantitative estimate of drug-likeness (QED) is 0.534. The summed E-state index contributed by atoms with van der Waals surface area (Å²) in [7, 11) is 0. The van der Waals surface area contributed by atoms with Gasteiger partial charge in [0, 0.05) is 17.8 Å².